The number of fused-ring (bicyclic) bond motifs is 5. The monoisotopic (exact) mass is 440 g/mol. The van der Waals surface area contributed by atoms with Gasteiger partial charge in [-0.2, -0.15) is 0 Å². The zero-order valence-electron chi connectivity index (χ0n) is 19.1. The molecule has 1 fully saturated rings. The highest BCUT2D eigenvalue weighted by Gasteiger charge is 2.60. The third-order valence-corrected chi connectivity index (χ3v) is 6.67. The second-order valence-electron chi connectivity index (χ2n) is 8.74. The van der Waals surface area contributed by atoms with E-state index in [1.54, 1.807) is 18.7 Å². The summed E-state index contributed by atoms with van der Waals surface area (Å²) < 4.78 is 5.51. The second kappa shape index (κ2) is 8.94. The molecule has 0 aliphatic carbocycles. The number of H-pyrrole nitrogens is 1. The van der Waals surface area contributed by atoms with E-state index >= 15 is 0 Å². The summed E-state index contributed by atoms with van der Waals surface area (Å²) in [4.78, 5) is 45.6. The summed E-state index contributed by atoms with van der Waals surface area (Å²) in [5.74, 6) is -0.693. The number of aromatic amines is 1. The van der Waals surface area contributed by atoms with Gasteiger partial charge in [0.15, 0.2) is 5.54 Å². The van der Waals surface area contributed by atoms with Gasteiger partial charge in [-0.05, 0) is 44.7 Å². The molecule has 0 spiro atoms. The van der Waals surface area contributed by atoms with Crippen LogP contribution in [-0.2, 0) is 26.3 Å². The minimum atomic E-state index is -1.13. The zero-order chi connectivity index (χ0) is 22.9. The Kier molecular flexibility index (Phi) is 6.24. The molecule has 1 aromatic heterocycles. The molecule has 0 bridgehead atoms. The summed E-state index contributed by atoms with van der Waals surface area (Å²) in [6.45, 7) is 7.68. The number of amides is 4. The largest absolute Gasteiger partial charge is 0.381 e. The van der Waals surface area contributed by atoms with Gasteiger partial charge in [0.25, 0.3) is 5.91 Å². The number of unbranched alkanes of at least 4 members (excludes halogenated alkanes) is 1. The Balaban J connectivity index is 1.47. The van der Waals surface area contributed by atoms with Crippen LogP contribution in [0.4, 0.5) is 4.79 Å². The third-order valence-electron chi connectivity index (χ3n) is 6.67. The number of nitrogens with zero attached hydrogens (tertiary/aromatic N) is 2. The first kappa shape index (κ1) is 22.3. The number of nitrogens with one attached hydrogen (secondary N) is 2. The maximum Gasteiger partial charge on any atom is 0.328 e. The molecule has 2 atom stereocenters. The Hall–Kier alpha value is -2.87. The first-order valence-corrected chi connectivity index (χ1v) is 11.5. The van der Waals surface area contributed by atoms with Crippen molar-refractivity contribution in [1.82, 2.24) is 20.1 Å². The Morgan fingerprint density at radius 2 is 2.00 bits per heavy atom. The lowest BCUT2D eigenvalue weighted by Crippen LogP contribution is -2.50. The van der Waals surface area contributed by atoms with E-state index < -0.39 is 17.6 Å². The van der Waals surface area contributed by atoms with Crippen LogP contribution in [0.1, 0.15) is 51.3 Å². The van der Waals surface area contributed by atoms with Gasteiger partial charge in [-0.1, -0.05) is 31.5 Å². The van der Waals surface area contributed by atoms with Gasteiger partial charge in [0, 0.05) is 37.2 Å². The minimum absolute atomic E-state index is 0.333. The first-order chi connectivity index (χ1) is 15.4. The van der Waals surface area contributed by atoms with Gasteiger partial charge in [-0.3, -0.25) is 9.59 Å². The fourth-order valence-electron chi connectivity index (χ4n) is 4.76. The highest BCUT2D eigenvalue weighted by atomic mass is 16.5. The number of aromatic nitrogens is 1. The molecular weight excluding hydrogens is 408 g/mol. The normalized spacial score (nSPS) is 21.1. The molecule has 8 heteroatoms. The molecule has 1 saturated heterocycles. The van der Waals surface area contributed by atoms with Gasteiger partial charge in [-0.15, -0.1) is 0 Å². The van der Waals surface area contributed by atoms with E-state index in [0.29, 0.717) is 32.5 Å². The lowest BCUT2D eigenvalue weighted by molar-refractivity contribution is -0.139. The van der Waals surface area contributed by atoms with Crippen LogP contribution >= 0.6 is 0 Å². The summed E-state index contributed by atoms with van der Waals surface area (Å²) in [6.07, 6.45) is 3.46. The molecule has 2 N–H and O–H groups in total. The summed E-state index contributed by atoms with van der Waals surface area (Å²) in [7, 11) is 0. The van der Waals surface area contributed by atoms with Crippen LogP contribution < -0.4 is 5.32 Å². The fraction of sp³-hybridized carbons (Fsp3) is 0.542. The number of para-hydroxylation sites is 1. The van der Waals surface area contributed by atoms with Crippen molar-refractivity contribution in [2.75, 3.05) is 26.3 Å². The van der Waals surface area contributed by atoms with Crippen LogP contribution in [-0.4, -0.2) is 65.0 Å². The number of hydrogen-bond acceptors (Lipinski definition) is 4. The van der Waals surface area contributed by atoms with Gasteiger partial charge in [0.1, 0.15) is 6.04 Å². The summed E-state index contributed by atoms with van der Waals surface area (Å²) in [6, 6.07) is 6.63. The zero-order valence-corrected chi connectivity index (χ0v) is 19.1. The number of benzene rings is 1. The van der Waals surface area contributed by atoms with E-state index in [9.17, 15) is 14.4 Å². The summed E-state index contributed by atoms with van der Waals surface area (Å²) in [5.41, 5.74) is 1.64. The molecule has 0 radical (unpaired) electrons. The Morgan fingerprint density at radius 1 is 1.25 bits per heavy atom. The number of ether oxygens (including phenoxy) is 1. The van der Waals surface area contributed by atoms with E-state index in [-0.39, 0.29) is 11.8 Å². The number of imide groups is 1. The topological polar surface area (TPSA) is 94.7 Å². The molecule has 32 heavy (non-hydrogen) atoms. The Bertz CT molecular complexity index is 1030. The molecule has 3 heterocycles. The smallest absolute Gasteiger partial charge is 0.328 e. The number of rotatable bonds is 9. The molecule has 2 aliphatic heterocycles. The molecule has 2 unspecified atom stereocenters. The third kappa shape index (κ3) is 3.56. The van der Waals surface area contributed by atoms with Crippen molar-refractivity contribution in [3.05, 3.63) is 35.5 Å². The molecule has 1 aromatic carbocycles. The van der Waals surface area contributed by atoms with Gasteiger partial charge >= 0.3 is 6.03 Å². The highest BCUT2D eigenvalue weighted by molar-refractivity contribution is 6.10. The van der Waals surface area contributed by atoms with Crippen molar-refractivity contribution in [3.8, 4) is 0 Å². The molecule has 0 saturated carbocycles. The van der Waals surface area contributed by atoms with Crippen molar-refractivity contribution in [3.63, 3.8) is 0 Å². The molecule has 8 nitrogen and oxygen atoms in total. The lowest BCUT2D eigenvalue weighted by atomic mass is 9.87. The van der Waals surface area contributed by atoms with Gasteiger partial charge in [0.2, 0.25) is 5.91 Å². The molecular formula is C24H32N4O4. The van der Waals surface area contributed by atoms with Crippen LogP contribution in [0.2, 0.25) is 0 Å². The molecule has 4 amide bonds. The van der Waals surface area contributed by atoms with Crippen LogP contribution in [0, 0.1) is 0 Å². The van der Waals surface area contributed by atoms with Crippen molar-refractivity contribution in [2.24, 2.45) is 0 Å². The van der Waals surface area contributed by atoms with Crippen molar-refractivity contribution < 1.29 is 19.1 Å². The van der Waals surface area contributed by atoms with Crippen LogP contribution in [0.5, 0.6) is 0 Å². The minimum Gasteiger partial charge on any atom is -0.381 e. The highest BCUT2D eigenvalue weighted by Crippen LogP contribution is 2.44. The fourth-order valence-corrected chi connectivity index (χ4v) is 4.76. The molecule has 4 rings (SSSR count). The predicted octanol–water partition coefficient (Wildman–Crippen LogP) is 2.91. The first-order valence-electron chi connectivity index (χ1n) is 11.5. The van der Waals surface area contributed by atoms with Crippen LogP contribution in [0.15, 0.2) is 24.3 Å². The summed E-state index contributed by atoms with van der Waals surface area (Å²) >= 11 is 0. The molecule has 172 valence electrons. The van der Waals surface area contributed by atoms with Crippen LogP contribution in [0.25, 0.3) is 10.9 Å². The average molecular weight is 441 g/mol. The van der Waals surface area contributed by atoms with Gasteiger partial charge in [0.05, 0.1) is 5.69 Å². The number of urea groups is 1. The van der Waals surface area contributed by atoms with E-state index in [2.05, 4.69) is 17.2 Å². The predicted molar refractivity (Wildman–Crippen MR) is 121 cm³/mol. The quantitative estimate of drug-likeness (QED) is 0.463. The van der Waals surface area contributed by atoms with Crippen molar-refractivity contribution >= 4 is 28.7 Å². The van der Waals surface area contributed by atoms with Crippen LogP contribution in [0.3, 0.4) is 0 Å². The Labute approximate surface area is 188 Å². The number of hydrogen-bond donors (Lipinski definition) is 2. The lowest BCUT2D eigenvalue weighted by Gasteiger charge is -2.36. The van der Waals surface area contributed by atoms with Crippen molar-refractivity contribution in [2.45, 2.75) is 58.0 Å². The summed E-state index contributed by atoms with van der Waals surface area (Å²) in [5, 5.41) is 3.91. The maximum atomic E-state index is 13.6. The van der Waals surface area contributed by atoms with Gasteiger partial charge < -0.3 is 19.9 Å². The Morgan fingerprint density at radius 3 is 2.78 bits per heavy atom. The van der Waals surface area contributed by atoms with E-state index in [0.717, 1.165) is 46.5 Å². The maximum absolute atomic E-state index is 13.6. The number of carbonyl (C=O) groups excluding carboxylic acids is 3. The molecule has 2 aliphatic rings. The second-order valence-corrected chi connectivity index (χ2v) is 8.74. The SMILES string of the molecule is CCCCOCCCNC(=O)C(C)N1C(=O)N2CCc3c([nH]c4ccccc34)C2(C)C1=O. The molecule has 2 aromatic rings. The average Bonchev–Trinajstić information content (AvgIpc) is 3.26. The van der Waals surface area contributed by atoms with E-state index in [1.165, 1.54) is 0 Å². The van der Waals surface area contributed by atoms with E-state index in [1.807, 2.05) is 24.3 Å². The van der Waals surface area contributed by atoms with Gasteiger partial charge in [-0.25, -0.2) is 9.69 Å². The van der Waals surface area contributed by atoms with E-state index in [4.69, 9.17) is 4.74 Å². The standard InChI is InChI=1S/C24H32N4O4/c1-4-5-14-32-15-8-12-25-21(29)16(2)28-22(30)24(3)20-18(11-13-27(24)23(28)31)17-9-6-7-10-19(17)26-20/h6-7,9-10,16,26H,4-5,8,11-15H2,1-3H3,(H,25,29). The number of carbonyl (C=O) groups is 3. The van der Waals surface area contributed by atoms with Crippen molar-refractivity contribution in [1.29, 1.82) is 0 Å².